The second-order valence-corrected chi connectivity index (χ2v) is 14.4. The average molecular weight is 992 g/mol. The van der Waals surface area contributed by atoms with E-state index in [4.69, 9.17) is 20.9 Å². The van der Waals surface area contributed by atoms with Crippen molar-refractivity contribution >= 4 is 66.3 Å². The van der Waals surface area contributed by atoms with Gasteiger partial charge in [0.1, 0.15) is 18.2 Å². The number of Topliss-reactive ketones (excluding diaryl/α,β-unsaturated/α-hetero) is 1. The molecule has 63 heavy (non-hydrogen) atoms. The summed E-state index contributed by atoms with van der Waals surface area (Å²) < 4.78 is 40.2. The van der Waals surface area contributed by atoms with Crippen LogP contribution in [0.15, 0.2) is 18.3 Å². The fourth-order valence-corrected chi connectivity index (χ4v) is 5.96. The second-order valence-electron chi connectivity index (χ2n) is 14.1. The molecular formula is C38H49F2N9O12STc. The number of rotatable bonds is 28. The third-order valence-corrected chi connectivity index (χ3v) is 9.41. The van der Waals surface area contributed by atoms with E-state index in [9.17, 15) is 51.9 Å². The molecule has 3 unspecified atom stereocenters. The number of amides is 6. The zero-order chi connectivity index (χ0) is 47.5. The summed E-state index contributed by atoms with van der Waals surface area (Å²) in [5, 5.41) is 23.4. The van der Waals surface area contributed by atoms with E-state index in [0.29, 0.717) is 31.4 Å². The van der Waals surface area contributed by atoms with Gasteiger partial charge in [-0.3, -0.25) is 48.3 Å². The predicted octanol–water partition coefficient (Wildman–Crippen LogP) is 2.16. The Kier molecular flexibility index (Phi) is 26.4. The van der Waals surface area contributed by atoms with Crippen LogP contribution in [0.3, 0.4) is 0 Å². The minimum atomic E-state index is -3.19. The number of nitrogens with zero attached hydrogens (tertiary/aromatic N) is 5. The number of aromatic nitrogens is 1. The normalized spacial score (nSPS) is 15.7. The quantitative estimate of drug-likeness (QED) is 0.0405. The summed E-state index contributed by atoms with van der Waals surface area (Å²) in [5.41, 5.74) is 8.36. The average Bonchev–Trinajstić information content (AvgIpc) is 3.59. The number of ketones is 1. The Balaban J connectivity index is 0.00000977. The zero-order valence-electron chi connectivity index (χ0n) is 34.2. The summed E-state index contributed by atoms with van der Waals surface area (Å²) in [4.78, 5) is 117. The Morgan fingerprint density at radius 1 is 1.02 bits per heavy atom. The number of aliphatic carboxylic acids is 1. The molecule has 5 atom stereocenters. The first-order chi connectivity index (χ1) is 29.9. The first-order valence-electron chi connectivity index (χ1n) is 19.5. The maximum absolute atomic E-state index is 13.8. The summed E-state index contributed by atoms with van der Waals surface area (Å²) in [7, 11) is 0. The number of halogens is 2. The summed E-state index contributed by atoms with van der Waals surface area (Å²) >= 11 is 5.53. The van der Waals surface area contributed by atoms with Gasteiger partial charge in [0, 0.05) is 55.8 Å². The number of alkyl halides is 2. The molecule has 1 aliphatic heterocycles. The van der Waals surface area contributed by atoms with E-state index in [0.717, 1.165) is 43.0 Å². The number of carbonyl (C=O) groups excluding carboxylic acids is 8. The van der Waals surface area contributed by atoms with Crippen LogP contribution in [0.5, 0.6) is 0 Å². The van der Waals surface area contributed by atoms with Crippen LogP contribution in [0.4, 0.5) is 8.78 Å². The maximum atomic E-state index is 13.8. The van der Waals surface area contributed by atoms with Crippen molar-refractivity contribution in [3.8, 4) is 0 Å². The van der Waals surface area contributed by atoms with Gasteiger partial charge in [-0.2, -0.15) is 5.75 Å². The number of carboxylic acid groups (broad SMARTS) is 1. The molecule has 0 radical (unpaired) electrons. The van der Waals surface area contributed by atoms with Crippen LogP contribution in [0.25, 0.3) is 21.2 Å². The van der Waals surface area contributed by atoms with Gasteiger partial charge >= 0.3 is 28.5 Å². The Morgan fingerprint density at radius 3 is 2.25 bits per heavy atom. The molecule has 0 aromatic carbocycles. The topological polar surface area (TPSA) is 309 Å². The predicted molar refractivity (Wildman–Crippen MR) is 214 cm³/mol. The van der Waals surface area contributed by atoms with Crippen molar-refractivity contribution in [2.45, 2.75) is 120 Å². The van der Waals surface area contributed by atoms with Crippen LogP contribution in [0, 0.1) is 6.57 Å². The van der Waals surface area contributed by atoms with Crippen LogP contribution in [-0.2, 0) is 84.6 Å². The standard InChI is InChI=1S/C38H52F2N9O11S.O.Tc/c1-23(36(57)49-21-38(39,40)16-30(49)42-2)46-33(54)24-13-14-43-25(15-24)17-44-32(53)12-11-26(51)9-7-5-3-4-6-8-10-31(52)45-18-27(41)34(55)47-28(19-60-22-50)35(56)48-29(20-61)37(58)59;;/h13-15,22-23,27-30,41H,3-12,16-21H2,1H3,(H7,44,45,46,47,48,52,53,54,55,56,58,59,61);;/q-1;;+4/p-3/t23-,27?,28?,29?,30-;;/m0../s1. The molecule has 1 aromatic heterocycles. The molecule has 21 nitrogen and oxygen atoms in total. The van der Waals surface area contributed by atoms with Gasteiger partial charge < -0.3 is 64.4 Å². The summed E-state index contributed by atoms with van der Waals surface area (Å²) in [6.45, 7) is 6.36. The Bertz CT molecular complexity index is 1790. The molecule has 25 heteroatoms. The fourth-order valence-electron chi connectivity index (χ4n) is 5.75. The van der Waals surface area contributed by atoms with Crippen molar-refractivity contribution in [3.63, 3.8) is 0 Å². The van der Waals surface area contributed by atoms with E-state index < -0.39 is 110 Å². The molecule has 0 aliphatic carbocycles. The number of carboxylic acids is 1. The Morgan fingerprint density at radius 2 is 1.63 bits per heavy atom. The van der Waals surface area contributed by atoms with Gasteiger partial charge in [-0.1, -0.05) is 31.7 Å². The molecule has 2 heterocycles. The van der Waals surface area contributed by atoms with Crippen LogP contribution in [0.2, 0.25) is 0 Å². The van der Waals surface area contributed by atoms with Crippen molar-refractivity contribution in [1.29, 1.82) is 0 Å². The van der Waals surface area contributed by atoms with E-state index in [1.807, 2.05) is 0 Å². The van der Waals surface area contributed by atoms with Gasteiger partial charge in [-0.15, -0.1) is 0 Å². The number of ether oxygens (including phenoxy) is 1. The van der Waals surface area contributed by atoms with E-state index in [2.05, 4.69) is 53.8 Å². The van der Waals surface area contributed by atoms with E-state index in [1.165, 1.54) is 25.3 Å². The SMILES string of the molecule is [C-]#[N+][C@@H]1CC(F)(F)CN1C(=O)[C@H](C)NC(=O)c1ccnc(CNC(=O)CCC(=O)CCCCCCCCC(=O)NCC([NH-])C(=O)[N-]C(COC=O)C(=O)[N-]C(C[S-])C(=O)O)c1.[O]=[Tc+4]. The van der Waals surface area contributed by atoms with Crippen molar-refractivity contribution in [2.24, 2.45) is 0 Å². The molecule has 5 N–H and O–H groups in total. The van der Waals surface area contributed by atoms with Gasteiger partial charge in [0.15, 0.2) is 0 Å². The summed E-state index contributed by atoms with van der Waals surface area (Å²) in [5.74, 6) is -9.75. The number of likely N-dealkylation sites (tertiary alicyclic amines) is 1. The Labute approximate surface area is 378 Å². The first kappa shape index (κ1) is 55.7. The monoisotopic (exact) mass is 990 g/mol. The van der Waals surface area contributed by atoms with Crippen LogP contribution >= 0.6 is 0 Å². The first-order valence-corrected chi connectivity index (χ1v) is 20.8. The number of pyridine rings is 1. The third-order valence-electron chi connectivity index (χ3n) is 9.10. The van der Waals surface area contributed by atoms with Crippen LogP contribution < -0.4 is 16.0 Å². The zero-order valence-corrected chi connectivity index (χ0v) is 36.9. The van der Waals surface area contributed by atoms with Crippen molar-refractivity contribution in [3.05, 3.63) is 57.4 Å². The summed E-state index contributed by atoms with van der Waals surface area (Å²) in [6.07, 6.45) is 3.84. The van der Waals surface area contributed by atoms with Gasteiger partial charge in [0.05, 0.1) is 25.4 Å². The van der Waals surface area contributed by atoms with Crippen LogP contribution in [-0.4, -0.2) is 130 Å². The van der Waals surface area contributed by atoms with Gasteiger partial charge in [0.2, 0.25) is 11.8 Å². The molecule has 1 saturated heterocycles. The number of carbonyl (C=O) groups is 9. The number of unbranched alkanes of at least 4 members (excludes halogenated alkanes) is 5. The van der Waals surface area contributed by atoms with E-state index in [-0.39, 0.29) is 43.6 Å². The minimum absolute atomic E-state index is 0.00740. The molecule has 0 bridgehead atoms. The van der Waals surface area contributed by atoms with Gasteiger partial charge in [-0.25, -0.2) is 15.4 Å². The van der Waals surface area contributed by atoms with E-state index >= 15 is 0 Å². The van der Waals surface area contributed by atoms with Crippen molar-refractivity contribution in [1.82, 2.24) is 25.8 Å². The molecule has 6 amide bonds. The number of hydrogen-bond acceptors (Lipinski definition) is 13. The number of hydrogen-bond donors (Lipinski definition) is 4. The van der Waals surface area contributed by atoms with Gasteiger partial charge in [0.25, 0.3) is 30.2 Å². The second kappa shape index (κ2) is 29.9. The third kappa shape index (κ3) is 21.6. The van der Waals surface area contributed by atoms with E-state index in [1.54, 1.807) is 0 Å². The molecule has 0 saturated carbocycles. The molecule has 0 spiro atoms. The van der Waals surface area contributed by atoms with Crippen molar-refractivity contribution < 1.29 is 84.1 Å². The molecule has 1 fully saturated rings. The molecule has 1 aliphatic rings. The molecule has 2 rings (SSSR count). The number of nitrogens with one attached hydrogen (secondary N) is 4. The molecule has 345 valence electrons. The molecular weight excluding hydrogens is 943 g/mol. The fraction of sp³-hybridized carbons (Fsp3) is 0.605. The van der Waals surface area contributed by atoms with Crippen LogP contribution in [0.1, 0.15) is 93.6 Å². The van der Waals surface area contributed by atoms with Crippen molar-refractivity contribution in [2.75, 3.05) is 25.4 Å². The molecule has 1 aromatic rings. The Hall–Kier alpha value is -5.31. The van der Waals surface area contributed by atoms with Gasteiger partial charge in [-0.05, 0) is 44.0 Å². The summed E-state index contributed by atoms with van der Waals surface area (Å²) in [6, 6.07) is -3.25.